The van der Waals surface area contributed by atoms with Gasteiger partial charge in [0.1, 0.15) is 0 Å². The van der Waals surface area contributed by atoms with Gasteiger partial charge in [0.2, 0.25) is 0 Å². The number of carboxylic acid groups (broad SMARTS) is 1. The van der Waals surface area contributed by atoms with E-state index in [0.29, 0.717) is 11.6 Å². The molecule has 0 heterocycles. The molecule has 1 aliphatic carbocycles. The van der Waals surface area contributed by atoms with Gasteiger partial charge in [0.25, 0.3) is 0 Å². The smallest absolute Gasteiger partial charge is 0.337 e. The Morgan fingerprint density at radius 1 is 1.43 bits per heavy atom. The summed E-state index contributed by atoms with van der Waals surface area (Å²) in [7, 11) is 0. The second-order valence-corrected chi connectivity index (χ2v) is 5.64. The van der Waals surface area contributed by atoms with Crippen LogP contribution in [0.1, 0.15) is 43.0 Å². The molecule has 1 saturated carbocycles. The van der Waals surface area contributed by atoms with Crippen LogP contribution in [0.5, 0.6) is 0 Å². The third kappa shape index (κ3) is 4.11. The van der Waals surface area contributed by atoms with Gasteiger partial charge in [-0.15, -0.1) is 0 Å². The molecule has 0 aromatic heterocycles. The Morgan fingerprint density at radius 2 is 2.14 bits per heavy atom. The predicted octanol–water partition coefficient (Wildman–Crippen LogP) is 3.83. The summed E-state index contributed by atoms with van der Waals surface area (Å²) in [6, 6.07) is 4.48. The van der Waals surface area contributed by atoms with Gasteiger partial charge in [-0.05, 0) is 37.5 Å². The molecule has 1 aromatic carbocycles. The summed E-state index contributed by atoms with van der Waals surface area (Å²) in [4.78, 5) is 25.4. The number of benzene rings is 1. The second-order valence-electron chi connectivity index (χ2n) is 5.20. The summed E-state index contributed by atoms with van der Waals surface area (Å²) in [5, 5.41) is 12.2. The SMILES string of the molecule is CCCCN(C(=O)Nc1ccc(Cl)cc1C(=O)O)C1CC1. The number of unbranched alkanes of at least 4 members (excludes halogenated alkanes) is 1. The zero-order valence-electron chi connectivity index (χ0n) is 11.9. The topological polar surface area (TPSA) is 69.6 Å². The Balaban J connectivity index is 2.12. The van der Waals surface area contributed by atoms with Gasteiger partial charge in [-0.2, -0.15) is 0 Å². The van der Waals surface area contributed by atoms with Crippen molar-refractivity contribution in [1.82, 2.24) is 4.90 Å². The third-order valence-corrected chi connectivity index (χ3v) is 3.69. The summed E-state index contributed by atoms with van der Waals surface area (Å²) in [6.45, 7) is 2.77. The minimum atomic E-state index is -1.11. The number of carbonyl (C=O) groups is 2. The number of carbonyl (C=O) groups excluding carboxylic acids is 1. The fourth-order valence-electron chi connectivity index (χ4n) is 2.15. The zero-order valence-corrected chi connectivity index (χ0v) is 12.7. The van der Waals surface area contributed by atoms with E-state index in [9.17, 15) is 14.7 Å². The molecule has 114 valence electrons. The number of hydrogen-bond donors (Lipinski definition) is 2. The molecule has 6 heteroatoms. The molecule has 2 rings (SSSR count). The van der Waals surface area contributed by atoms with E-state index in [1.807, 2.05) is 0 Å². The van der Waals surface area contributed by atoms with Crippen LogP contribution in [0.25, 0.3) is 0 Å². The number of aromatic carboxylic acids is 1. The normalized spacial score (nSPS) is 13.8. The molecule has 1 fully saturated rings. The molecule has 0 atom stereocenters. The molecule has 0 saturated heterocycles. The van der Waals surface area contributed by atoms with Crippen LogP contribution in [-0.2, 0) is 0 Å². The van der Waals surface area contributed by atoms with Gasteiger partial charge in [0.05, 0.1) is 11.3 Å². The number of halogens is 1. The van der Waals surface area contributed by atoms with Crippen LogP contribution in [0.2, 0.25) is 5.02 Å². The Kier molecular flexibility index (Phi) is 5.07. The number of nitrogens with one attached hydrogen (secondary N) is 1. The minimum Gasteiger partial charge on any atom is -0.478 e. The van der Waals surface area contributed by atoms with Crippen LogP contribution in [-0.4, -0.2) is 34.6 Å². The van der Waals surface area contributed by atoms with Crippen LogP contribution in [0, 0.1) is 0 Å². The number of amides is 2. The molecule has 0 aliphatic heterocycles. The molecule has 0 radical (unpaired) electrons. The summed E-state index contributed by atoms with van der Waals surface area (Å²) < 4.78 is 0. The quantitative estimate of drug-likeness (QED) is 0.838. The highest BCUT2D eigenvalue weighted by Crippen LogP contribution is 2.28. The van der Waals surface area contributed by atoms with Crippen molar-refractivity contribution in [2.24, 2.45) is 0 Å². The molecule has 5 nitrogen and oxygen atoms in total. The van der Waals surface area contributed by atoms with E-state index in [-0.39, 0.29) is 23.3 Å². The van der Waals surface area contributed by atoms with Crippen molar-refractivity contribution < 1.29 is 14.7 Å². The lowest BCUT2D eigenvalue weighted by molar-refractivity contribution is 0.0698. The first kappa shape index (κ1) is 15.6. The number of nitrogens with zero attached hydrogens (tertiary/aromatic N) is 1. The van der Waals surface area contributed by atoms with Gasteiger partial charge in [0.15, 0.2) is 0 Å². The Bertz CT molecular complexity index is 544. The van der Waals surface area contributed by atoms with Crippen LogP contribution in [0.4, 0.5) is 10.5 Å². The van der Waals surface area contributed by atoms with E-state index in [1.54, 1.807) is 11.0 Å². The minimum absolute atomic E-state index is 0.00193. The van der Waals surface area contributed by atoms with E-state index >= 15 is 0 Å². The largest absolute Gasteiger partial charge is 0.478 e. The fraction of sp³-hybridized carbons (Fsp3) is 0.467. The molecule has 2 N–H and O–H groups in total. The first-order valence-corrected chi connectivity index (χ1v) is 7.51. The highest BCUT2D eigenvalue weighted by Gasteiger charge is 2.32. The van der Waals surface area contributed by atoms with E-state index in [0.717, 1.165) is 25.7 Å². The van der Waals surface area contributed by atoms with E-state index < -0.39 is 5.97 Å². The molecular weight excluding hydrogens is 292 g/mol. The lowest BCUT2D eigenvalue weighted by atomic mass is 10.2. The van der Waals surface area contributed by atoms with Crippen molar-refractivity contribution in [3.05, 3.63) is 28.8 Å². The number of urea groups is 1. The first-order chi connectivity index (χ1) is 10.0. The van der Waals surface area contributed by atoms with E-state index in [2.05, 4.69) is 12.2 Å². The lowest BCUT2D eigenvalue weighted by Gasteiger charge is -2.23. The number of anilines is 1. The van der Waals surface area contributed by atoms with E-state index in [4.69, 9.17) is 11.6 Å². The highest BCUT2D eigenvalue weighted by molar-refractivity contribution is 6.31. The average molecular weight is 311 g/mol. The molecular formula is C15H19ClN2O3. The van der Waals surface area contributed by atoms with Gasteiger partial charge in [-0.1, -0.05) is 24.9 Å². The molecule has 1 aliphatic rings. The summed E-state index contributed by atoms with van der Waals surface area (Å²) >= 11 is 5.80. The Labute approximate surface area is 128 Å². The standard InChI is InChI=1S/C15H19ClN2O3/c1-2-3-8-18(11-5-6-11)15(21)17-13-7-4-10(16)9-12(13)14(19)20/h4,7,9,11H,2-3,5-6,8H2,1H3,(H,17,21)(H,19,20). The maximum absolute atomic E-state index is 12.3. The summed E-state index contributed by atoms with van der Waals surface area (Å²) in [5.41, 5.74) is 0.279. The van der Waals surface area contributed by atoms with Crippen molar-refractivity contribution in [1.29, 1.82) is 0 Å². The Morgan fingerprint density at radius 3 is 2.71 bits per heavy atom. The van der Waals surface area contributed by atoms with Crippen LogP contribution in [0.15, 0.2) is 18.2 Å². The average Bonchev–Trinajstić information content (AvgIpc) is 3.25. The maximum Gasteiger partial charge on any atom is 0.337 e. The fourth-order valence-corrected chi connectivity index (χ4v) is 2.33. The number of carboxylic acids is 1. The lowest BCUT2D eigenvalue weighted by Crippen LogP contribution is -2.37. The molecule has 1 aromatic rings. The number of rotatable bonds is 6. The molecule has 2 amide bonds. The van der Waals surface area contributed by atoms with Crippen molar-refractivity contribution in [2.45, 2.75) is 38.6 Å². The van der Waals surface area contributed by atoms with Gasteiger partial charge in [0, 0.05) is 17.6 Å². The molecule has 21 heavy (non-hydrogen) atoms. The van der Waals surface area contributed by atoms with Gasteiger partial charge in [-0.25, -0.2) is 9.59 Å². The molecule has 0 unspecified atom stereocenters. The number of hydrogen-bond acceptors (Lipinski definition) is 2. The summed E-state index contributed by atoms with van der Waals surface area (Å²) in [6.07, 6.45) is 3.99. The second kappa shape index (κ2) is 6.80. The maximum atomic E-state index is 12.3. The predicted molar refractivity (Wildman–Crippen MR) is 82.1 cm³/mol. The van der Waals surface area contributed by atoms with Crippen molar-refractivity contribution in [3.63, 3.8) is 0 Å². The van der Waals surface area contributed by atoms with E-state index in [1.165, 1.54) is 12.1 Å². The van der Waals surface area contributed by atoms with Crippen molar-refractivity contribution >= 4 is 29.3 Å². The Hall–Kier alpha value is -1.75. The van der Waals surface area contributed by atoms with Gasteiger partial charge in [-0.3, -0.25) is 0 Å². The van der Waals surface area contributed by atoms with Gasteiger partial charge >= 0.3 is 12.0 Å². The van der Waals surface area contributed by atoms with Crippen LogP contribution >= 0.6 is 11.6 Å². The highest BCUT2D eigenvalue weighted by atomic mass is 35.5. The first-order valence-electron chi connectivity index (χ1n) is 7.13. The summed E-state index contributed by atoms with van der Waals surface area (Å²) in [5.74, 6) is -1.11. The van der Waals surface area contributed by atoms with Crippen LogP contribution in [0.3, 0.4) is 0 Å². The van der Waals surface area contributed by atoms with Crippen molar-refractivity contribution in [3.8, 4) is 0 Å². The van der Waals surface area contributed by atoms with Crippen molar-refractivity contribution in [2.75, 3.05) is 11.9 Å². The molecule has 0 spiro atoms. The zero-order chi connectivity index (χ0) is 15.4. The monoisotopic (exact) mass is 310 g/mol. The third-order valence-electron chi connectivity index (χ3n) is 3.45. The van der Waals surface area contributed by atoms with Crippen LogP contribution < -0.4 is 5.32 Å². The van der Waals surface area contributed by atoms with Gasteiger partial charge < -0.3 is 15.3 Å². The molecule has 0 bridgehead atoms.